The zero-order valence-electron chi connectivity index (χ0n) is 7.91. The molecule has 16 heavy (non-hydrogen) atoms. The molecule has 4 nitrogen and oxygen atoms in total. The highest BCUT2D eigenvalue weighted by Gasteiger charge is 2.07. The summed E-state index contributed by atoms with van der Waals surface area (Å²) < 4.78 is 0. The van der Waals surface area contributed by atoms with Gasteiger partial charge in [0.15, 0.2) is 0 Å². The van der Waals surface area contributed by atoms with Crippen LogP contribution in [-0.4, -0.2) is 17.0 Å². The van der Waals surface area contributed by atoms with Gasteiger partial charge < -0.3 is 10.4 Å². The predicted octanol–water partition coefficient (Wildman–Crippen LogP) is 2.57. The zero-order chi connectivity index (χ0) is 12.1. The summed E-state index contributed by atoms with van der Waals surface area (Å²) in [5, 5.41) is 11.3. The highest BCUT2D eigenvalue weighted by molar-refractivity contribution is 6.39. The van der Waals surface area contributed by atoms with Crippen molar-refractivity contribution in [2.45, 2.75) is 0 Å². The third-order valence-electron chi connectivity index (χ3n) is 1.59. The molecule has 0 atom stereocenters. The number of benzene rings is 1. The molecule has 0 saturated heterocycles. The molecule has 0 spiro atoms. The van der Waals surface area contributed by atoms with Gasteiger partial charge in [0.2, 0.25) is 5.91 Å². The molecule has 0 bridgehead atoms. The van der Waals surface area contributed by atoms with E-state index in [0.717, 1.165) is 12.2 Å². The minimum atomic E-state index is -1.21. The number of carbonyl (C=O) groups excluding carboxylic acids is 1. The van der Waals surface area contributed by atoms with Crippen molar-refractivity contribution in [3.8, 4) is 0 Å². The number of halogens is 2. The first kappa shape index (κ1) is 12.5. The Labute approximate surface area is 101 Å². The van der Waals surface area contributed by atoms with E-state index < -0.39 is 11.9 Å². The zero-order valence-corrected chi connectivity index (χ0v) is 9.42. The molecule has 1 amide bonds. The van der Waals surface area contributed by atoms with Crippen LogP contribution in [0.5, 0.6) is 0 Å². The number of amides is 1. The van der Waals surface area contributed by atoms with Gasteiger partial charge in [0.1, 0.15) is 0 Å². The number of carbonyl (C=O) groups is 2. The Morgan fingerprint density at radius 3 is 2.25 bits per heavy atom. The van der Waals surface area contributed by atoms with Gasteiger partial charge >= 0.3 is 5.97 Å². The highest BCUT2D eigenvalue weighted by Crippen LogP contribution is 2.29. The fraction of sp³-hybridized carbons (Fsp3) is 0. The normalized spacial score (nSPS) is 10.4. The Morgan fingerprint density at radius 1 is 1.19 bits per heavy atom. The number of hydrogen-bond donors (Lipinski definition) is 2. The molecule has 0 radical (unpaired) electrons. The van der Waals surface area contributed by atoms with Crippen LogP contribution < -0.4 is 5.32 Å². The summed E-state index contributed by atoms with van der Waals surface area (Å²) in [4.78, 5) is 21.4. The number of nitrogens with one attached hydrogen (secondary N) is 1. The Bertz CT molecular complexity index is 437. The Morgan fingerprint density at radius 2 is 1.75 bits per heavy atom. The van der Waals surface area contributed by atoms with Gasteiger partial charge in [-0.05, 0) is 12.1 Å². The summed E-state index contributed by atoms with van der Waals surface area (Å²) in [6.07, 6.45) is 1.60. The van der Waals surface area contributed by atoms with E-state index in [1.54, 1.807) is 18.2 Å². The highest BCUT2D eigenvalue weighted by atomic mass is 35.5. The lowest BCUT2D eigenvalue weighted by atomic mass is 10.3. The number of hydrogen-bond acceptors (Lipinski definition) is 2. The van der Waals surface area contributed by atoms with Gasteiger partial charge in [0.05, 0.1) is 15.7 Å². The van der Waals surface area contributed by atoms with Gasteiger partial charge in [0, 0.05) is 12.2 Å². The number of carboxylic acids is 1. The lowest BCUT2D eigenvalue weighted by Gasteiger charge is -2.06. The lowest BCUT2D eigenvalue weighted by molar-refractivity contribution is -0.131. The van der Waals surface area contributed by atoms with Crippen molar-refractivity contribution in [2.24, 2.45) is 0 Å². The van der Waals surface area contributed by atoms with Crippen molar-refractivity contribution < 1.29 is 14.7 Å². The molecule has 6 heteroatoms. The molecule has 0 aliphatic carbocycles. The minimum absolute atomic E-state index is 0.255. The van der Waals surface area contributed by atoms with Crippen molar-refractivity contribution >= 4 is 40.8 Å². The number of rotatable bonds is 3. The number of carboxylic acid groups (broad SMARTS) is 1. The summed E-state index contributed by atoms with van der Waals surface area (Å²) in [6.45, 7) is 0. The van der Waals surface area contributed by atoms with Crippen LogP contribution in [0.4, 0.5) is 5.69 Å². The van der Waals surface area contributed by atoms with Crippen LogP contribution in [0.15, 0.2) is 30.4 Å². The number of aliphatic carboxylic acids is 1. The molecule has 1 rings (SSSR count). The van der Waals surface area contributed by atoms with Crippen LogP contribution in [0.2, 0.25) is 10.0 Å². The Hall–Kier alpha value is -1.52. The van der Waals surface area contributed by atoms with Gasteiger partial charge in [-0.2, -0.15) is 0 Å². The molecule has 0 fully saturated rings. The molecule has 0 aliphatic rings. The van der Waals surface area contributed by atoms with Gasteiger partial charge in [0.25, 0.3) is 0 Å². The van der Waals surface area contributed by atoms with Crippen LogP contribution in [0.25, 0.3) is 0 Å². The van der Waals surface area contributed by atoms with Crippen molar-refractivity contribution in [3.63, 3.8) is 0 Å². The molecule has 1 aromatic carbocycles. The van der Waals surface area contributed by atoms with Crippen LogP contribution in [0.1, 0.15) is 0 Å². The van der Waals surface area contributed by atoms with Crippen molar-refractivity contribution in [1.82, 2.24) is 0 Å². The van der Waals surface area contributed by atoms with Crippen molar-refractivity contribution in [3.05, 3.63) is 40.4 Å². The second kappa shape index (κ2) is 5.53. The van der Waals surface area contributed by atoms with Gasteiger partial charge in [-0.15, -0.1) is 0 Å². The fourth-order valence-corrected chi connectivity index (χ4v) is 1.42. The Balaban J connectivity index is 2.81. The van der Waals surface area contributed by atoms with Crippen molar-refractivity contribution in [1.29, 1.82) is 0 Å². The van der Waals surface area contributed by atoms with E-state index in [0.29, 0.717) is 0 Å². The second-order valence-corrected chi connectivity index (χ2v) is 3.57. The average Bonchev–Trinajstić information content (AvgIpc) is 2.21. The molecular weight excluding hydrogens is 253 g/mol. The maximum atomic E-state index is 11.2. The molecule has 0 saturated carbocycles. The molecule has 0 aliphatic heterocycles. The Kier molecular flexibility index (Phi) is 4.34. The quantitative estimate of drug-likeness (QED) is 0.821. The molecular formula is C10H7Cl2NO3. The topological polar surface area (TPSA) is 66.4 Å². The minimum Gasteiger partial charge on any atom is -0.478 e. The van der Waals surface area contributed by atoms with Crippen LogP contribution >= 0.6 is 23.2 Å². The van der Waals surface area contributed by atoms with E-state index in [9.17, 15) is 9.59 Å². The summed E-state index contributed by atoms with van der Waals surface area (Å²) in [6, 6.07) is 4.75. The first-order valence-corrected chi connectivity index (χ1v) is 4.92. The largest absolute Gasteiger partial charge is 0.478 e. The molecule has 0 aromatic heterocycles. The SMILES string of the molecule is O=C(O)/C=C/C(=O)Nc1c(Cl)cccc1Cl. The predicted molar refractivity (Wildman–Crippen MR) is 61.9 cm³/mol. The van der Waals surface area contributed by atoms with E-state index in [-0.39, 0.29) is 15.7 Å². The summed E-state index contributed by atoms with van der Waals surface area (Å²) in [5.74, 6) is -1.82. The summed E-state index contributed by atoms with van der Waals surface area (Å²) in [5.41, 5.74) is 0.255. The first-order chi connectivity index (χ1) is 7.50. The monoisotopic (exact) mass is 259 g/mol. The average molecular weight is 260 g/mol. The van der Waals surface area contributed by atoms with E-state index in [2.05, 4.69) is 5.32 Å². The number of para-hydroxylation sites is 1. The fourth-order valence-electron chi connectivity index (χ4n) is 0.929. The summed E-state index contributed by atoms with van der Waals surface area (Å²) >= 11 is 11.6. The maximum absolute atomic E-state index is 11.2. The van der Waals surface area contributed by atoms with E-state index in [4.69, 9.17) is 28.3 Å². The molecule has 0 heterocycles. The third-order valence-corrected chi connectivity index (χ3v) is 2.22. The van der Waals surface area contributed by atoms with Crippen LogP contribution in [-0.2, 0) is 9.59 Å². The molecule has 0 unspecified atom stereocenters. The summed E-state index contributed by atoms with van der Waals surface area (Å²) in [7, 11) is 0. The second-order valence-electron chi connectivity index (χ2n) is 2.76. The number of anilines is 1. The maximum Gasteiger partial charge on any atom is 0.328 e. The molecule has 1 aromatic rings. The molecule has 2 N–H and O–H groups in total. The third kappa shape index (κ3) is 3.56. The standard InChI is InChI=1S/C10H7Cl2NO3/c11-6-2-1-3-7(12)10(6)13-8(14)4-5-9(15)16/h1-5H,(H,13,14)(H,15,16)/b5-4+. The van der Waals surface area contributed by atoms with E-state index >= 15 is 0 Å². The van der Waals surface area contributed by atoms with Gasteiger partial charge in [-0.25, -0.2) is 4.79 Å². The van der Waals surface area contributed by atoms with Crippen LogP contribution in [0.3, 0.4) is 0 Å². The lowest BCUT2D eigenvalue weighted by Crippen LogP contribution is -2.09. The van der Waals surface area contributed by atoms with Crippen molar-refractivity contribution in [2.75, 3.05) is 5.32 Å². The van der Waals surface area contributed by atoms with E-state index in [1.165, 1.54) is 0 Å². The van der Waals surface area contributed by atoms with Gasteiger partial charge in [-0.1, -0.05) is 29.3 Å². The van der Waals surface area contributed by atoms with Gasteiger partial charge in [-0.3, -0.25) is 4.79 Å². The van der Waals surface area contributed by atoms with E-state index in [1.807, 2.05) is 0 Å². The van der Waals surface area contributed by atoms with Crippen LogP contribution in [0, 0.1) is 0 Å². The smallest absolute Gasteiger partial charge is 0.328 e. The first-order valence-electron chi connectivity index (χ1n) is 4.16. The molecule has 84 valence electrons.